The molecular weight excluding hydrogens is 297 g/mol. The number of pyridine rings is 1. The number of hydrogen-bond acceptors (Lipinski definition) is 4. The summed E-state index contributed by atoms with van der Waals surface area (Å²) in [4.78, 5) is 18.7. The van der Waals surface area contributed by atoms with E-state index in [1.165, 1.54) is 12.1 Å². The van der Waals surface area contributed by atoms with Crippen molar-refractivity contribution in [2.45, 2.75) is 6.54 Å². The maximum atomic E-state index is 13.6. The number of halogens is 1. The Kier molecular flexibility index (Phi) is 4.83. The Morgan fingerprint density at radius 1 is 1.22 bits per heavy atom. The molecule has 0 radical (unpaired) electrons. The summed E-state index contributed by atoms with van der Waals surface area (Å²) < 4.78 is 19.0. The smallest absolute Gasteiger partial charge is 0.254 e. The van der Waals surface area contributed by atoms with Crippen molar-refractivity contribution in [3.63, 3.8) is 0 Å². The summed E-state index contributed by atoms with van der Waals surface area (Å²) in [5.41, 5.74) is 0.948. The van der Waals surface area contributed by atoms with Crippen LogP contribution in [0.2, 0.25) is 0 Å². The molecule has 2 heterocycles. The average Bonchev–Trinajstić information content (AvgIpc) is 2.61. The maximum Gasteiger partial charge on any atom is 0.254 e. The molecular formula is C17H18FN3O2. The normalized spacial score (nSPS) is 14.6. The van der Waals surface area contributed by atoms with Gasteiger partial charge in [0.05, 0.1) is 18.8 Å². The highest BCUT2D eigenvalue weighted by atomic mass is 19.1. The summed E-state index contributed by atoms with van der Waals surface area (Å²) in [5, 5.41) is 2.76. The summed E-state index contributed by atoms with van der Waals surface area (Å²) in [5.74, 6) is -0.117. The van der Waals surface area contributed by atoms with Gasteiger partial charge in [0.15, 0.2) is 0 Å². The van der Waals surface area contributed by atoms with Gasteiger partial charge >= 0.3 is 0 Å². The van der Waals surface area contributed by atoms with Gasteiger partial charge in [-0.15, -0.1) is 0 Å². The fourth-order valence-electron chi connectivity index (χ4n) is 2.54. The van der Waals surface area contributed by atoms with Crippen molar-refractivity contribution in [1.82, 2.24) is 10.3 Å². The van der Waals surface area contributed by atoms with Crippen LogP contribution in [0.1, 0.15) is 15.9 Å². The minimum absolute atomic E-state index is 0.0457. The number of amides is 1. The Balaban J connectivity index is 1.71. The fraction of sp³-hybridized carbons (Fsp3) is 0.294. The molecule has 1 saturated heterocycles. The molecule has 23 heavy (non-hydrogen) atoms. The lowest BCUT2D eigenvalue weighted by Gasteiger charge is -2.29. The number of carbonyl (C=O) groups is 1. The maximum absolute atomic E-state index is 13.6. The van der Waals surface area contributed by atoms with Crippen molar-refractivity contribution in [1.29, 1.82) is 0 Å². The van der Waals surface area contributed by atoms with Gasteiger partial charge < -0.3 is 15.0 Å². The molecule has 3 rings (SSSR count). The van der Waals surface area contributed by atoms with E-state index in [1.54, 1.807) is 18.3 Å². The van der Waals surface area contributed by atoms with Crippen molar-refractivity contribution in [3.05, 3.63) is 59.5 Å². The largest absolute Gasteiger partial charge is 0.378 e. The Morgan fingerprint density at radius 3 is 2.78 bits per heavy atom. The van der Waals surface area contributed by atoms with Gasteiger partial charge in [-0.05, 0) is 18.2 Å². The van der Waals surface area contributed by atoms with Gasteiger partial charge in [0.2, 0.25) is 0 Å². The minimum Gasteiger partial charge on any atom is -0.378 e. The highest BCUT2D eigenvalue weighted by molar-refractivity contribution is 5.94. The van der Waals surface area contributed by atoms with E-state index in [-0.39, 0.29) is 5.56 Å². The molecule has 2 aromatic rings. The predicted octanol–water partition coefficient (Wildman–Crippen LogP) is 1.99. The Morgan fingerprint density at radius 2 is 2.00 bits per heavy atom. The van der Waals surface area contributed by atoms with Gasteiger partial charge in [-0.3, -0.25) is 4.79 Å². The monoisotopic (exact) mass is 315 g/mol. The zero-order valence-electron chi connectivity index (χ0n) is 12.7. The first-order valence-electron chi connectivity index (χ1n) is 7.55. The van der Waals surface area contributed by atoms with Crippen molar-refractivity contribution in [2.75, 3.05) is 31.2 Å². The molecule has 0 saturated carbocycles. The van der Waals surface area contributed by atoms with Crippen LogP contribution < -0.4 is 10.2 Å². The van der Waals surface area contributed by atoms with Crippen molar-refractivity contribution >= 4 is 11.7 Å². The number of ether oxygens (including phenoxy) is 1. The minimum atomic E-state index is -0.524. The zero-order chi connectivity index (χ0) is 16.1. The molecule has 0 unspecified atom stereocenters. The third-order valence-electron chi connectivity index (χ3n) is 3.74. The Hall–Kier alpha value is -2.47. The number of hydrogen-bond donors (Lipinski definition) is 1. The second-order valence-corrected chi connectivity index (χ2v) is 5.25. The van der Waals surface area contributed by atoms with Crippen LogP contribution in [-0.4, -0.2) is 37.2 Å². The fourth-order valence-corrected chi connectivity index (χ4v) is 2.54. The lowest BCUT2D eigenvalue weighted by molar-refractivity contribution is 0.0946. The van der Waals surface area contributed by atoms with Gasteiger partial charge in [-0.25, -0.2) is 9.37 Å². The van der Waals surface area contributed by atoms with Crippen LogP contribution in [0.15, 0.2) is 42.6 Å². The Bertz CT molecular complexity index is 687. The van der Waals surface area contributed by atoms with Gasteiger partial charge in [0, 0.05) is 31.4 Å². The molecule has 1 aliphatic heterocycles. The summed E-state index contributed by atoms with van der Waals surface area (Å²) in [7, 11) is 0. The summed E-state index contributed by atoms with van der Waals surface area (Å²) in [6.07, 6.45) is 1.73. The molecule has 0 atom stereocenters. The summed E-state index contributed by atoms with van der Waals surface area (Å²) in [6, 6.07) is 9.69. The van der Waals surface area contributed by atoms with Crippen LogP contribution in [0.5, 0.6) is 0 Å². The second kappa shape index (κ2) is 7.19. The molecule has 0 spiro atoms. The molecule has 0 bridgehead atoms. The van der Waals surface area contributed by atoms with Crippen LogP contribution in [0.4, 0.5) is 10.2 Å². The van der Waals surface area contributed by atoms with Crippen LogP contribution in [0, 0.1) is 5.82 Å². The molecule has 1 aliphatic rings. The van der Waals surface area contributed by atoms with E-state index >= 15 is 0 Å². The van der Waals surface area contributed by atoms with E-state index < -0.39 is 11.7 Å². The number of rotatable bonds is 4. The third-order valence-corrected chi connectivity index (χ3v) is 3.74. The number of nitrogens with one attached hydrogen (secondary N) is 1. The topological polar surface area (TPSA) is 54.5 Å². The number of aromatic nitrogens is 1. The van der Waals surface area contributed by atoms with Crippen LogP contribution in [0.3, 0.4) is 0 Å². The molecule has 6 heteroatoms. The van der Waals surface area contributed by atoms with Crippen LogP contribution >= 0.6 is 0 Å². The molecule has 1 amide bonds. The zero-order valence-corrected chi connectivity index (χ0v) is 12.7. The number of carbonyl (C=O) groups excluding carboxylic acids is 1. The highest BCUT2D eigenvalue weighted by Gasteiger charge is 2.17. The standard InChI is InChI=1S/C17H18FN3O2/c18-15-6-2-1-5-14(15)17(22)20-12-13-4-3-7-19-16(13)21-8-10-23-11-9-21/h1-7H,8-12H2,(H,20,22). The number of morpholine rings is 1. The first kappa shape index (κ1) is 15.4. The third kappa shape index (κ3) is 3.65. The quantitative estimate of drug-likeness (QED) is 0.937. The molecule has 120 valence electrons. The summed E-state index contributed by atoms with van der Waals surface area (Å²) in [6.45, 7) is 3.17. The van der Waals surface area contributed by atoms with Gasteiger partial charge in [0.1, 0.15) is 11.6 Å². The molecule has 1 aromatic heterocycles. The van der Waals surface area contributed by atoms with Crippen LogP contribution in [-0.2, 0) is 11.3 Å². The average molecular weight is 315 g/mol. The van der Waals surface area contributed by atoms with Crippen molar-refractivity contribution < 1.29 is 13.9 Å². The van der Waals surface area contributed by atoms with E-state index in [4.69, 9.17) is 4.74 Å². The van der Waals surface area contributed by atoms with Gasteiger partial charge in [0.25, 0.3) is 5.91 Å². The van der Waals surface area contributed by atoms with Gasteiger partial charge in [-0.1, -0.05) is 18.2 Å². The predicted molar refractivity (Wildman–Crippen MR) is 84.8 cm³/mol. The summed E-state index contributed by atoms with van der Waals surface area (Å²) >= 11 is 0. The van der Waals surface area contributed by atoms with E-state index in [0.29, 0.717) is 19.8 Å². The van der Waals surface area contributed by atoms with Crippen molar-refractivity contribution in [2.24, 2.45) is 0 Å². The number of nitrogens with zero attached hydrogens (tertiary/aromatic N) is 2. The van der Waals surface area contributed by atoms with E-state index in [9.17, 15) is 9.18 Å². The van der Waals surface area contributed by atoms with E-state index in [2.05, 4.69) is 15.2 Å². The first-order chi connectivity index (χ1) is 11.3. The van der Waals surface area contributed by atoms with Gasteiger partial charge in [-0.2, -0.15) is 0 Å². The first-order valence-corrected chi connectivity index (χ1v) is 7.55. The number of anilines is 1. The van der Waals surface area contributed by atoms with Crippen LogP contribution in [0.25, 0.3) is 0 Å². The van der Waals surface area contributed by atoms with E-state index in [0.717, 1.165) is 24.5 Å². The Labute approximate surface area is 134 Å². The second-order valence-electron chi connectivity index (χ2n) is 5.25. The number of benzene rings is 1. The highest BCUT2D eigenvalue weighted by Crippen LogP contribution is 2.18. The molecule has 1 aromatic carbocycles. The molecule has 0 aliphatic carbocycles. The lowest BCUT2D eigenvalue weighted by Crippen LogP contribution is -2.37. The van der Waals surface area contributed by atoms with Crippen molar-refractivity contribution in [3.8, 4) is 0 Å². The molecule has 1 fully saturated rings. The molecule has 1 N–H and O–H groups in total. The van der Waals surface area contributed by atoms with E-state index in [1.807, 2.05) is 12.1 Å². The SMILES string of the molecule is O=C(NCc1cccnc1N1CCOCC1)c1ccccc1F. The molecule has 5 nitrogen and oxygen atoms in total. The lowest BCUT2D eigenvalue weighted by atomic mass is 10.2.